The number of aromatic nitrogens is 2. The van der Waals surface area contributed by atoms with Crippen LogP contribution in [0, 0.1) is 0 Å². The number of aliphatic hydroxyl groups is 1. The summed E-state index contributed by atoms with van der Waals surface area (Å²) >= 11 is 0. The molecule has 10 heteroatoms. The van der Waals surface area contributed by atoms with Gasteiger partial charge in [0, 0.05) is 56.9 Å². The second-order valence-corrected chi connectivity index (χ2v) is 7.82. The lowest BCUT2D eigenvalue weighted by molar-refractivity contribution is -0.200. The van der Waals surface area contributed by atoms with E-state index in [2.05, 4.69) is 26.8 Å². The Kier molecular flexibility index (Phi) is 8.14. The molecule has 0 spiro atoms. The molecule has 1 fully saturated rings. The molecule has 0 aromatic carbocycles. The second-order valence-electron chi connectivity index (χ2n) is 7.82. The normalized spacial score (nSPS) is 19.2. The number of rotatable bonds is 4. The zero-order valence-electron chi connectivity index (χ0n) is 18.3. The van der Waals surface area contributed by atoms with Crippen LogP contribution in [0.4, 0.5) is 13.2 Å². The summed E-state index contributed by atoms with van der Waals surface area (Å²) in [5, 5.41) is 10.1. The van der Waals surface area contributed by atoms with Crippen LogP contribution in [-0.4, -0.2) is 82.6 Å². The lowest BCUT2D eigenvalue weighted by Crippen LogP contribution is -2.42. The summed E-state index contributed by atoms with van der Waals surface area (Å²) in [7, 11) is 1.57. The van der Waals surface area contributed by atoms with Crippen molar-refractivity contribution in [2.24, 2.45) is 9.98 Å². The molecule has 7 nitrogen and oxygen atoms in total. The van der Waals surface area contributed by atoms with Gasteiger partial charge in [-0.15, -0.1) is 0 Å². The molecular formula is C22H29F3N6O. The highest BCUT2D eigenvalue weighted by molar-refractivity contribution is 5.87. The van der Waals surface area contributed by atoms with Gasteiger partial charge < -0.3 is 10.0 Å². The first-order valence-corrected chi connectivity index (χ1v) is 10.7. The molecule has 174 valence electrons. The van der Waals surface area contributed by atoms with Crippen molar-refractivity contribution >= 4 is 23.2 Å². The molecule has 1 N–H and O–H groups in total. The largest absolute Gasteiger partial charge is 0.414 e. The van der Waals surface area contributed by atoms with Gasteiger partial charge in [0.2, 0.25) is 5.96 Å². The summed E-state index contributed by atoms with van der Waals surface area (Å²) in [5.74, 6) is 0.377. The number of aliphatic hydroxyl groups excluding tert-OH is 1. The first-order chi connectivity index (χ1) is 15.3. The van der Waals surface area contributed by atoms with E-state index in [1.807, 2.05) is 29.2 Å². The van der Waals surface area contributed by atoms with Crippen LogP contribution in [0.5, 0.6) is 0 Å². The average molecular weight is 451 g/mol. The minimum Gasteiger partial charge on any atom is -0.383 e. The monoisotopic (exact) mass is 450 g/mol. The van der Waals surface area contributed by atoms with E-state index < -0.39 is 18.7 Å². The molecular weight excluding hydrogens is 421 g/mol. The lowest BCUT2D eigenvalue weighted by atomic mass is 10.1. The molecule has 0 radical (unpaired) electrons. The number of fused-ring (bicyclic) bond motifs is 1. The lowest BCUT2D eigenvalue weighted by Gasteiger charge is -2.34. The summed E-state index contributed by atoms with van der Waals surface area (Å²) < 4.78 is 37.5. The van der Waals surface area contributed by atoms with Gasteiger partial charge in [-0.3, -0.25) is 9.89 Å². The van der Waals surface area contributed by atoms with Gasteiger partial charge in [0.25, 0.3) is 0 Å². The van der Waals surface area contributed by atoms with Crippen molar-refractivity contribution in [2.45, 2.75) is 44.5 Å². The molecule has 32 heavy (non-hydrogen) atoms. The van der Waals surface area contributed by atoms with Crippen LogP contribution in [-0.2, 0) is 0 Å². The maximum absolute atomic E-state index is 12.5. The highest BCUT2D eigenvalue weighted by Gasteiger charge is 2.37. The zero-order chi connectivity index (χ0) is 23.1. The summed E-state index contributed by atoms with van der Waals surface area (Å²) in [6.45, 7) is 5.15. The molecule has 2 atom stereocenters. The Bertz CT molecular complexity index is 949. The predicted octanol–water partition coefficient (Wildman–Crippen LogP) is 3.46. The quantitative estimate of drug-likeness (QED) is 0.570. The molecule has 1 saturated heterocycles. The standard InChI is InChI=1S/C22H29F3N6O/c1-16(18-8-7-17-6-5-10-27-20(17)29-18)30-12-3-4-13-31(15-14-30)21(26-2)28-11-9-19(32)22(23,24)25/h5-8,10-11,16,19,32H,3-4,9,12-15H2,1-2H3. The van der Waals surface area contributed by atoms with E-state index in [-0.39, 0.29) is 6.04 Å². The summed E-state index contributed by atoms with van der Waals surface area (Å²) in [4.78, 5) is 21.6. The van der Waals surface area contributed by atoms with Gasteiger partial charge in [-0.2, -0.15) is 13.2 Å². The third kappa shape index (κ3) is 6.23. The average Bonchev–Trinajstić information content (AvgIpc) is 2.76. The van der Waals surface area contributed by atoms with Crippen molar-refractivity contribution in [3.8, 4) is 0 Å². The minimum atomic E-state index is -4.65. The Hall–Kier alpha value is -2.59. The van der Waals surface area contributed by atoms with E-state index in [0.29, 0.717) is 12.5 Å². The van der Waals surface area contributed by atoms with Gasteiger partial charge in [-0.25, -0.2) is 15.0 Å². The van der Waals surface area contributed by atoms with Crippen LogP contribution in [0.2, 0.25) is 0 Å². The van der Waals surface area contributed by atoms with Crippen molar-refractivity contribution in [1.29, 1.82) is 0 Å². The van der Waals surface area contributed by atoms with E-state index in [0.717, 1.165) is 55.4 Å². The Balaban J connectivity index is 1.65. The highest BCUT2D eigenvalue weighted by Crippen LogP contribution is 2.23. The number of guanidine groups is 1. The number of alkyl halides is 3. The third-order valence-electron chi connectivity index (χ3n) is 5.64. The SMILES string of the molecule is CN=C(N=CCC(O)C(F)(F)F)N1CCCCN(C(C)c2ccc3cccnc3n2)CC1. The van der Waals surface area contributed by atoms with Crippen LogP contribution in [0.25, 0.3) is 11.0 Å². The maximum Gasteiger partial charge on any atom is 0.414 e. The van der Waals surface area contributed by atoms with Gasteiger partial charge in [0.1, 0.15) is 0 Å². The van der Waals surface area contributed by atoms with Gasteiger partial charge in [0.15, 0.2) is 11.8 Å². The summed E-state index contributed by atoms with van der Waals surface area (Å²) in [6, 6.07) is 8.02. The number of hydrogen-bond acceptors (Lipinski definition) is 5. The van der Waals surface area contributed by atoms with Crippen molar-refractivity contribution in [3.05, 3.63) is 36.2 Å². The molecule has 0 bridgehead atoms. The minimum absolute atomic E-state index is 0.0915. The van der Waals surface area contributed by atoms with E-state index >= 15 is 0 Å². The molecule has 0 aliphatic carbocycles. The van der Waals surface area contributed by atoms with Crippen molar-refractivity contribution < 1.29 is 18.3 Å². The van der Waals surface area contributed by atoms with Gasteiger partial charge in [-0.1, -0.05) is 0 Å². The fourth-order valence-electron chi connectivity index (χ4n) is 3.71. The van der Waals surface area contributed by atoms with Crippen LogP contribution in [0.15, 0.2) is 40.4 Å². The molecule has 2 unspecified atom stereocenters. The molecule has 2 aromatic heterocycles. The van der Waals surface area contributed by atoms with E-state index in [1.165, 1.54) is 0 Å². The van der Waals surface area contributed by atoms with E-state index in [9.17, 15) is 13.2 Å². The maximum atomic E-state index is 12.5. The molecule has 0 saturated carbocycles. The Morgan fingerprint density at radius 1 is 1.19 bits per heavy atom. The smallest absolute Gasteiger partial charge is 0.383 e. The van der Waals surface area contributed by atoms with Crippen LogP contribution in [0.3, 0.4) is 0 Å². The molecule has 0 amide bonds. The molecule has 3 rings (SSSR count). The summed E-state index contributed by atoms with van der Waals surface area (Å²) in [6.07, 6.45) is -2.96. The number of pyridine rings is 2. The predicted molar refractivity (Wildman–Crippen MR) is 119 cm³/mol. The van der Waals surface area contributed by atoms with Crippen molar-refractivity contribution in [3.63, 3.8) is 0 Å². The Labute approximate surface area is 185 Å². The number of halogens is 3. The Morgan fingerprint density at radius 3 is 2.72 bits per heavy atom. The van der Waals surface area contributed by atoms with Gasteiger partial charge in [-0.05, 0) is 50.6 Å². The van der Waals surface area contributed by atoms with Crippen LogP contribution >= 0.6 is 0 Å². The van der Waals surface area contributed by atoms with Crippen LogP contribution in [0.1, 0.15) is 37.9 Å². The molecule has 1 aliphatic heterocycles. The Morgan fingerprint density at radius 2 is 1.97 bits per heavy atom. The highest BCUT2D eigenvalue weighted by atomic mass is 19.4. The number of nitrogens with zero attached hydrogens (tertiary/aromatic N) is 6. The van der Waals surface area contributed by atoms with Gasteiger partial charge in [0.05, 0.1) is 5.69 Å². The van der Waals surface area contributed by atoms with Crippen molar-refractivity contribution in [1.82, 2.24) is 19.8 Å². The molecule has 3 heterocycles. The fraction of sp³-hybridized carbons (Fsp3) is 0.545. The second kappa shape index (κ2) is 10.8. The first-order valence-electron chi connectivity index (χ1n) is 10.7. The first kappa shape index (κ1) is 24.1. The van der Waals surface area contributed by atoms with E-state index in [4.69, 9.17) is 10.1 Å². The van der Waals surface area contributed by atoms with Gasteiger partial charge >= 0.3 is 6.18 Å². The molecule has 2 aromatic rings. The topological polar surface area (TPSA) is 77.2 Å². The van der Waals surface area contributed by atoms with E-state index in [1.54, 1.807) is 13.2 Å². The van der Waals surface area contributed by atoms with Crippen LogP contribution < -0.4 is 0 Å². The summed E-state index contributed by atoms with van der Waals surface area (Å²) in [5.41, 5.74) is 1.67. The zero-order valence-corrected chi connectivity index (χ0v) is 18.3. The third-order valence-corrected chi connectivity index (χ3v) is 5.64. The molecule has 1 aliphatic rings. The number of hydrogen-bond donors (Lipinski definition) is 1. The fourth-order valence-corrected chi connectivity index (χ4v) is 3.71. The van der Waals surface area contributed by atoms with Crippen molar-refractivity contribution in [2.75, 3.05) is 33.2 Å². The number of aliphatic imine (C=N–C) groups is 2.